The van der Waals surface area contributed by atoms with Crippen molar-refractivity contribution in [1.29, 1.82) is 0 Å². The number of nitrogens with one attached hydrogen (secondary N) is 1. The molecule has 0 fully saturated rings. The predicted molar refractivity (Wildman–Crippen MR) is 166 cm³/mol. The zero-order valence-corrected chi connectivity index (χ0v) is 24.8. The molecular formula is C29H35ClN8O3. The third-order valence-electron chi connectivity index (χ3n) is 6.58. The van der Waals surface area contributed by atoms with Crippen molar-refractivity contribution in [2.45, 2.75) is 19.9 Å². The molecule has 0 radical (unpaired) electrons. The van der Waals surface area contributed by atoms with E-state index in [0.29, 0.717) is 34.0 Å². The molecule has 11 nitrogen and oxygen atoms in total. The van der Waals surface area contributed by atoms with Gasteiger partial charge in [0.05, 0.1) is 35.2 Å². The Morgan fingerprint density at radius 1 is 1.15 bits per heavy atom. The van der Waals surface area contributed by atoms with Crippen molar-refractivity contribution < 1.29 is 9.53 Å². The predicted octanol–water partition coefficient (Wildman–Crippen LogP) is 4.27. The summed E-state index contributed by atoms with van der Waals surface area (Å²) in [7, 11) is 7.61. The molecule has 2 aromatic carbocycles. The average molecular weight is 579 g/mol. The van der Waals surface area contributed by atoms with E-state index in [1.165, 1.54) is 10.6 Å². The Bertz CT molecular complexity index is 1660. The molecule has 0 aliphatic heterocycles. The van der Waals surface area contributed by atoms with Gasteiger partial charge < -0.3 is 25.6 Å². The molecule has 0 spiro atoms. The zero-order valence-electron chi connectivity index (χ0n) is 24.1. The first-order chi connectivity index (χ1) is 19.5. The minimum atomic E-state index is -0.585. The minimum absolute atomic E-state index is 0.0990. The second-order valence-corrected chi connectivity index (χ2v) is 10.5. The lowest BCUT2D eigenvalue weighted by Crippen LogP contribution is -2.29. The van der Waals surface area contributed by atoms with E-state index in [9.17, 15) is 9.59 Å². The van der Waals surface area contributed by atoms with Gasteiger partial charge in [-0.2, -0.15) is 4.98 Å². The van der Waals surface area contributed by atoms with Crippen LogP contribution < -0.4 is 26.4 Å². The van der Waals surface area contributed by atoms with Crippen LogP contribution in [0, 0.1) is 0 Å². The van der Waals surface area contributed by atoms with Crippen molar-refractivity contribution in [1.82, 2.24) is 24.0 Å². The third kappa shape index (κ3) is 6.53. The van der Waals surface area contributed by atoms with E-state index >= 15 is 0 Å². The number of carbonyl (C=O) groups is 1. The summed E-state index contributed by atoms with van der Waals surface area (Å²) in [6, 6.07) is 10.7. The van der Waals surface area contributed by atoms with E-state index in [1.807, 2.05) is 59.3 Å². The highest BCUT2D eigenvalue weighted by Crippen LogP contribution is 2.36. The van der Waals surface area contributed by atoms with Crippen molar-refractivity contribution >= 4 is 57.0 Å². The molecule has 216 valence electrons. The van der Waals surface area contributed by atoms with Crippen LogP contribution in [0.2, 0.25) is 0 Å². The van der Waals surface area contributed by atoms with Gasteiger partial charge in [0.1, 0.15) is 11.6 Å². The van der Waals surface area contributed by atoms with Crippen molar-refractivity contribution in [2.75, 3.05) is 57.3 Å². The van der Waals surface area contributed by atoms with Gasteiger partial charge in [0, 0.05) is 44.5 Å². The van der Waals surface area contributed by atoms with Crippen LogP contribution in [0.1, 0.15) is 25.5 Å². The molecule has 12 heteroatoms. The quantitative estimate of drug-likeness (QED) is 0.152. The fourth-order valence-electron chi connectivity index (χ4n) is 4.53. The van der Waals surface area contributed by atoms with Crippen LogP contribution in [0.25, 0.3) is 22.9 Å². The molecule has 0 amide bonds. The van der Waals surface area contributed by atoms with Crippen LogP contribution in [-0.4, -0.2) is 70.6 Å². The summed E-state index contributed by atoms with van der Waals surface area (Å²) in [4.78, 5) is 38.1. The summed E-state index contributed by atoms with van der Waals surface area (Å²) >= 11 is 5.48. The van der Waals surface area contributed by atoms with Crippen LogP contribution in [0.15, 0.2) is 53.5 Å². The Labute approximate surface area is 243 Å². The molecule has 41 heavy (non-hydrogen) atoms. The highest BCUT2D eigenvalue weighted by atomic mass is 35.5. The van der Waals surface area contributed by atoms with Crippen LogP contribution in [0.5, 0.6) is 5.75 Å². The number of carbonyl (C=O) groups excluding carboxylic acids is 1. The Balaban J connectivity index is 1.75. The van der Waals surface area contributed by atoms with Crippen molar-refractivity contribution in [2.24, 2.45) is 0 Å². The van der Waals surface area contributed by atoms with E-state index in [2.05, 4.69) is 25.1 Å². The highest BCUT2D eigenvalue weighted by Gasteiger charge is 2.19. The molecule has 0 aliphatic rings. The number of anilines is 4. The lowest BCUT2D eigenvalue weighted by atomic mass is 10.2. The topological polar surface area (TPSA) is 124 Å². The molecule has 0 saturated carbocycles. The summed E-state index contributed by atoms with van der Waals surface area (Å²) in [6.07, 6.45) is 4.44. The molecule has 3 N–H and O–H groups in total. The summed E-state index contributed by atoms with van der Waals surface area (Å²) < 4.78 is 8.87. The Morgan fingerprint density at radius 3 is 2.56 bits per heavy atom. The van der Waals surface area contributed by atoms with Gasteiger partial charge in [-0.1, -0.05) is 12.1 Å². The maximum atomic E-state index is 13.6. The van der Waals surface area contributed by atoms with Gasteiger partial charge in [-0.25, -0.2) is 14.3 Å². The lowest BCUT2D eigenvalue weighted by molar-refractivity contribution is -0.107. The largest absolute Gasteiger partial charge is 0.494 e. The fourth-order valence-corrected chi connectivity index (χ4v) is 4.59. The summed E-state index contributed by atoms with van der Waals surface area (Å²) in [6.45, 7) is 5.54. The number of benzene rings is 2. The molecule has 2 heterocycles. The summed E-state index contributed by atoms with van der Waals surface area (Å²) in [5.41, 5.74) is 10.2. The van der Waals surface area contributed by atoms with Gasteiger partial charge in [-0.3, -0.25) is 9.36 Å². The molecule has 4 rings (SSSR count). The molecule has 0 aliphatic carbocycles. The second kappa shape index (κ2) is 12.4. The number of methoxy groups -OCH3 is 1. The number of halogens is 1. The zero-order chi connectivity index (χ0) is 29.8. The maximum absolute atomic E-state index is 13.6. The van der Waals surface area contributed by atoms with Gasteiger partial charge in [0.25, 0.3) is 0 Å². The van der Waals surface area contributed by atoms with Crippen LogP contribution in [0.4, 0.5) is 23.0 Å². The number of nitrogens with two attached hydrogens (primary N) is 1. The van der Waals surface area contributed by atoms with Gasteiger partial charge >= 0.3 is 5.69 Å². The number of hydrogen-bond donors (Lipinski definition) is 2. The van der Waals surface area contributed by atoms with E-state index in [4.69, 9.17) is 22.1 Å². The van der Waals surface area contributed by atoms with Crippen LogP contribution >= 0.6 is 11.6 Å². The summed E-state index contributed by atoms with van der Waals surface area (Å²) in [5, 5.41) is 2.61. The van der Waals surface area contributed by atoms with E-state index < -0.39 is 5.24 Å². The SMILES string of the molecule is COc1cc(N(C)CCN(C)C)c(N)cc1Nc1nccc(-n2c(=O)n(C(C)C)c3ccc(/C=C/C(=O)Cl)cc32)n1. The first-order valence-corrected chi connectivity index (χ1v) is 13.5. The Hall–Kier alpha value is -4.35. The third-order valence-corrected chi connectivity index (χ3v) is 6.71. The minimum Gasteiger partial charge on any atom is -0.494 e. The smallest absolute Gasteiger partial charge is 0.335 e. The van der Waals surface area contributed by atoms with Gasteiger partial charge in [-0.15, -0.1) is 0 Å². The normalized spacial score (nSPS) is 11.6. The average Bonchev–Trinajstić information content (AvgIpc) is 3.22. The number of ether oxygens (including phenoxy) is 1. The number of nitrogen functional groups attached to an aromatic ring is 1. The monoisotopic (exact) mass is 578 g/mol. The molecule has 0 atom stereocenters. The number of hydrogen-bond acceptors (Lipinski definition) is 9. The maximum Gasteiger partial charge on any atom is 0.335 e. The van der Waals surface area contributed by atoms with Crippen LogP contribution in [-0.2, 0) is 4.79 Å². The standard InChI is InChI=1S/C29H35ClN8O3/c1-18(2)37-22-9-7-19(8-10-26(30)39)15-24(22)38(29(37)40)27-11-12-32-28(34-27)33-21-16-20(31)23(17-25(21)41-6)36(5)14-13-35(3)4/h7-12,15-18H,13-14,31H2,1-6H3,(H,32,33,34)/b10-8+. The molecular weight excluding hydrogens is 544 g/mol. The van der Waals surface area contributed by atoms with Gasteiger partial charge in [-0.05, 0) is 69.4 Å². The van der Waals surface area contributed by atoms with Gasteiger partial charge in [0.15, 0.2) is 0 Å². The first kappa shape index (κ1) is 29.6. The second-order valence-electron chi connectivity index (χ2n) is 10.2. The molecule has 0 bridgehead atoms. The van der Waals surface area contributed by atoms with Crippen molar-refractivity contribution in [3.8, 4) is 11.6 Å². The van der Waals surface area contributed by atoms with Crippen molar-refractivity contribution in [3.05, 3.63) is 64.7 Å². The summed E-state index contributed by atoms with van der Waals surface area (Å²) in [5.74, 6) is 1.20. The molecule has 0 unspecified atom stereocenters. The van der Waals surface area contributed by atoms with E-state index in [0.717, 1.165) is 24.3 Å². The number of allylic oxidation sites excluding steroid dienone is 1. The number of imidazole rings is 1. The number of nitrogens with zero attached hydrogens (tertiary/aromatic N) is 6. The van der Waals surface area contributed by atoms with E-state index in [1.54, 1.807) is 36.1 Å². The Kier molecular flexibility index (Phi) is 8.99. The number of fused-ring (bicyclic) bond motifs is 1. The number of aromatic nitrogens is 4. The van der Waals surface area contributed by atoms with Crippen molar-refractivity contribution in [3.63, 3.8) is 0 Å². The fraction of sp³-hybridized carbons (Fsp3) is 0.310. The molecule has 4 aromatic rings. The first-order valence-electron chi connectivity index (χ1n) is 13.1. The van der Waals surface area contributed by atoms with E-state index in [-0.39, 0.29) is 17.7 Å². The van der Waals surface area contributed by atoms with Crippen LogP contribution in [0.3, 0.4) is 0 Å². The lowest BCUT2D eigenvalue weighted by Gasteiger charge is -2.24. The highest BCUT2D eigenvalue weighted by molar-refractivity contribution is 6.66. The Morgan fingerprint density at radius 2 is 1.90 bits per heavy atom. The van der Waals surface area contributed by atoms with Gasteiger partial charge in [0.2, 0.25) is 11.2 Å². The molecule has 2 aromatic heterocycles. The number of rotatable bonds is 11. The molecule has 0 saturated heterocycles. The number of likely N-dealkylation sites (N-methyl/N-ethyl adjacent to an activating group) is 2.